The lowest BCUT2D eigenvalue weighted by atomic mass is 10.0. The Kier molecular flexibility index (Phi) is 4.72. The summed E-state index contributed by atoms with van der Waals surface area (Å²) in [5.74, 6) is 0.796. The third-order valence-electron chi connectivity index (χ3n) is 3.64. The Morgan fingerprint density at radius 2 is 2.22 bits per heavy atom. The van der Waals surface area contributed by atoms with Crippen molar-refractivity contribution in [1.29, 1.82) is 0 Å². The molecule has 1 aliphatic rings. The molecule has 2 nitrogen and oxygen atoms in total. The normalized spacial score (nSPS) is 16.8. The maximum atomic E-state index is 13.8. The van der Waals surface area contributed by atoms with Gasteiger partial charge in [0.05, 0.1) is 0 Å². The molecule has 2 rings (SSSR count). The average molecular weight is 250 g/mol. The van der Waals surface area contributed by atoms with E-state index >= 15 is 0 Å². The number of rotatable bonds is 7. The molecule has 0 aliphatic heterocycles. The highest BCUT2D eigenvalue weighted by molar-refractivity contribution is 5.27. The van der Waals surface area contributed by atoms with Gasteiger partial charge in [-0.1, -0.05) is 30.5 Å². The highest BCUT2D eigenvalue weighted by atomic mass is 19.1. The fraction of sp³-hybridized carbons (Fsp3) is 0.600. The van der Waals surface area contributed by atoms with Gasteiger partial charge in [-0.25, -0.2) is 4.39 Å². The molecular formula is C15H23FN2. The molecule has 0 amide bonds. The van der Waals surface area contributed by atoms with Crippen LogP contribution in [0.5, 0.6) is 0 Å². The Labute approximate surface area is 109 Å². The largest absolute Gasteiger partial charge is 0.329 e. The summed E-state index contributed by atoms with van der Waals surface area (Å²) in [6.45, 7) is 3.33. The summed E-state index contributed by atoms with van der Waals surface area (Å²) < 4.78 is 13.8. The van der Waals surface area contributed by atoms with Gasteiger partial charge in [-0.2, -0.15) is 0 Å². The monoisotopic (exact) mass is 250 g/mol. The van der Waals surface area contributed by atoms with Crippen molar-refractivity contribution in [2.75, 3.05) is 13.1 Å². The van der Waals surface area contributed by atoms with E-state index in [0.717, 1.165) is 24.4 Å². The first-order chi connectivity index (χ1) is 8.70. The molecule has 3 heteroatoms. The summed E-state index contributed by atoms with van der Waals surface area (Å²) in [6, 6.07) is 5.14. The zero-order valence-corrected chi connectivity index (χ0v) is 11.1. The minimum absolute atomic E-state index is 0.0656. The molecule has 0 aromatic heterocycles. The third-order valence-corrected chi connectivity index (χ3v) is 3.64. The quantitative estimate of drug-likeness (QED) is 0.730. The van der Waals surface area contributed by atoms with E-state index in [2.05, 4.69) is 5.32 Å². The molecular weight excluding hydrogens is 227 g/mol. The van der Waals surface area contributed by atoms with Crippen molar-refractivity contribution < 1.29 is 4.39 Å². The van der Waals surface area contributed by atoms with Crippen LogP contribution in [0.25, 0.3) is 0 Å². The van der Waals surface area contributed by atoms with E-state index < -0.39 is 0 Å². The summed E-state index contributed by atoms with van der Waals surface area (Å²) >= 11 is 0. The first-order valence-corrected chi connectivity index (χ1v) is 6.90. The van der Waals surface area contributed by atoms with Crippen LogP contribution in [-0.2, 0) is 0 Å². The second-order valence-corrected chi connectivity index (χ2v) is 5.35. The van der Waals surface area contributed by atoms with E-state index in [0.29, 0.717) is 12.1 Å². The van der Waals surface area contributed by atoms with Crippen molar-refractivity contribution in [3.8, 4) is 0 Å². The molecule has 1 aliphatic carbocycles. The Bertz CT molecular complexity index is 388. The van der Waals surface area contributed by atoms with Gasteiger partial charge < -0.3 is 11.1 Å². The molecule has 18 heavy (non-hydrogen) atoms. The van der Waals surface area contributed by atoms with Crippen LogP contribution in [0.15, 0.2) is 18.2 Å². The predicted molar refractivity (Wildman–Crippen MR) is 72.9 cm³/mol. The van der Waals surface area contributed by atoms with Gasteiger partial charge in [-0.05, 0) is 38.3 Å². The number of halogens is 1. The molecule has 1 fully saturated rings. The summed E-state index contributed by atoms with van der Waals surface area (Å²) in [4.78, 5) is 0. The lowest BCUT2D eigenvalue weighted by molar-refractivity contribution is 0.488. The predicted octanol–water partition coefficient (Wildman–Crippen LogP) is 2.91. The van der Waals surface area contributed by atoms with Crippen LogP contribution in [0.3, 0.4) is 0 Å². The third kappa shape index (κ3) is 3.79. The van der Waals surface area contributed by atoms with Gasteiger partial charge in [0.1, 0.15) is 5.82 Å². The van der Waals surface area contributed by atoms with Crippen LogP contribution in [0.4, 0.5) is 4.39 Å². The Morgan fingerprint density at radius 3 is 2.89 bits per heavy atom. The van der Waals surface area contributed by atoms with Crippen LogP contribution in [0.1, 0.15) is 42.9 Å². The van der Waals surface area contributed by atoms with Crippen molar-refractivity contribution in [3.05, 3.63) is 35.1 Å². The number of hydrogen-bond donors (Lipinski definition) is 2. The molecule has 0 spiro atoms. The van der Waals surface area contributed by atoms with E-state index in [4.69, 9.17) is 5.73 Å². The van der Waals surface area contributed by atoms with Crippen molar-refractivity contribution in [2.24, 2.45) is 11.7 Å². The van der Waals surface area contributed by atoms with Gasteiger partial charge >= 0.3 is 0 Å². The van der Waals surface area contributed by atoms with Gasteiger partial charge in [0.2, 0.25) is 0 Å². The highest BCUT2D eigenvalue weighted by Gasteiger charge is 2.20. The number of hydrogen-bond acceptors (Lipinski definition) is 2. The van der Waals surface area contributed by atoms with Crippen LogP contribution < -0.4 is 11.1 Å². The highest BCUT2D eigenvalue weighted by Crippen LogP contribution is 2.33. The van der Waals surface area contributed by atoms with Gasteiger partial charge in [-0.3, -0.25) is 0 Å². The molecule has 0 saturated heterocycles. The SMILES string of the molecule is Cc1ccc(F)c(C(CN)NCCCC2CC2)c1. The van der Waals surface area contributed by atoms with Gasteiger partial charge in [0.25, 0.3) is 0 Å². The number of nitrogens with one attached hydrogen (secondary N) is 1. The molecule has 1 unspecified atom stereocenters. The summed E-state index contributed by atoms with van der Waals surface area (Å²) in [6.07, 6.45) is 5.24. The Morgan fingerprint density at radius 1 is 1.44 bits per heavy atom. The Hall–Kier alpha value is -0.930. The van der Waals surface area contributed by atoms with Crippen LogP contribution >= 0.6 is 0 Å². The molecule has 0 bridgehead atoms. The fourth-order valence-corrected chi connectivity index (χ4v) is 2.32. The molecule has 3 N–H and O–H groups in total. The van der Waals surface area contributed by atoms with E-state index in [1.165, 1.54) is 25.3 Å². The topological polar surface area (TPSA) is 38.0 Å². The molecule has 1 aromatic carbocycles. The number of nitrogens with two attached hydrogens (primary N) is 1. The molecule has 1 saturated carbocycles. The standard InChI is InChI=1S/C15H23FN2/c1-11-4-7-14(16)13(9-11)15(10-17)18-8-2-3-12-5-6-12/h4,7,9,12,15,18H,2-3,5-6,8,10,17H2,1H3. The first kappa shape index (κ1) is 13.5. The van der Waals surface area contributed by atoms with E-state index in [1.54, 1.807) is 6.07 Å². The van der Waals surface area contributed by atoms with Crippen LogP contribution in [0.2, 0.25) is 0 Å². The lowest BCUT2D eigenvalue weighted by Gasteiger charge is -2.18. The molecule has 0 radical (unpaired) electrons. The average Bonchev–Trinajstić information content (AvgIpc) is 3.17. The van der Waals surface area contributed by atoms with Gasteiger partial charge in [0, 0.05) is 18.2 Å². The smallest absolute Gasteiger partial charge is 0.128 e. The zero-order valence-electron chi connectivity index (χ0n) is 11.1. The molecule has 100 valence electrons. The number of aryl methyl sites for hydroxylation is 1. The molecule has 0 heterocycles. The second kappa shape index (κ2) is 6.30. The van der Waals surface area contributed by atoms with E-state index in [1.807, 2.05) is 13.0 Å². The van der Waals surface area contributed by atoms with Crippen LogP contribution in [-0.4, -0.2) is 13.1 Å². The van der Waals surface area contributed by atoms with E-state index in [9.17, 15) is 4.39 Å². The molecule has 1 aromatic rings. The lowest BCUT2D eigenvalue weighted by Crippen LogP contribution is -2.29. The van der Waals surface area contributed by atoms with Crippen molar-refractivity contribution in [1.82, 2.24) is 5.32 Å². The minimum atomic E-state index is -0.161. The maximum Gasteiger partial charge on any atom is 0.128 e. The molecule has 1 atom stereocenters. The van der Waals surface area contributed by atoms with Crippen molar-refractivity contribution >= 4 is 0 Å². The van der Waals surface area contributed by atoms with E-state index in [-0.39, 0.29) is 11.9 Å². The maximum absolute atomic E-state index is 13.8. The first-order valence-electron chi connectivity index (χ1n) is 6.90. The number of benzene rings is 1. The van der Waals surface area contributed by atoms with Crippen molar-refractivity contribution in [2.45, 2.75) is 38.6 Å². The summed E-state index contributed by atoms with van der Waals surface area (Å²) in [7, 11) is 0. The fourth-order valence-electron chi connectivity index (χ4n) is 2.32. The van der Waals surface area contributed by atoms with Crippen molar-refractivity contribution in [3.63, 3.8) is 0 Å². The summed E-state index contributed by atoms with van der Waals surface area (Å²) in [5, 5.41) is 3.37. The zero-order chi connectivity index (χ0) is 13.0. The van der Waals surface area contributed by atoms with Crippen LogP contribution in [0, 0.1) is 18.7 Å². The second-order valence-electron chi connectivity index (χ2n) is 5.35. The Balaban J connectivity index is 1.87. The summed E-state index contributed by atoms with van der Waals surface area (Å²) in [5.41, 5.74) is 7.52. The van der Waals surface area contributed by atoms with Gasteiger partial charge in [0.15, 0.2) is 0 Å². The van der Waals surface area contributed by atoms with Gasteiger partial charge in [-0.15, -0.1) is 0 Å². The minimum Gasteiger partial charge on any atom is -0.329 e.